The lowest BCUT2D eigenvalue weighted by Crippen LogP contribution is -2.31. The number of amides is 3. The summed E-state index contributed by atoms with van der Waals surface area (Å²) in [6.07, 6.45) is 3.81. The number of carbonyl (C=O) groups is 2. The van der Waals surface area contributed by atoms with E-state index in [1.807, 2.05) is 12.1 Å². The van der Waals surface area contributed by atoms with Crippen molar-refractivity contribution in [3.05, 3.63) is 30.1 Å². The Balaban J connectivity index is 0.00000112. The molecule has 0 spiro atoms. The van der Waals surface area contributed by atoms with Crippen LogP contribution in [0.5, 0.6) is 0 Å². The maximum absolute atomic E-state index is 11.2. The van der Waals surface area contributed by atoms with E-state index in [0.29, 0.717) is 6.42 Å². The quantitative estimate of drug-likeness (QED) is 0.712. The molecule has 1 unspecified atom stereocenters. The third-order valence-electron chi connectivity index (χ3n) is 2.05. The van der Waals surface area contributed by atoms with Crippen LogP contribution in [0.15, 0.2) is 24.5 Å². The number of pyridine rings is 1. The van der Waals surface area contributed by atoms with Gasteiger partial charge < -0.3 is 5.32 Å². The molecule has 1 aliphatic rings. The maximum Gasteiger partial charge on any atom is 0.322 e. The second kappa shape index (κ2) is 4.75. The molecule has 5 nitrogen and oxygen atoms in total. The molecule has 80 valence electrons. The van der Waals surface area contributed by atoms with Crippen LogP contribution in [0, 0.1) is 0 Å². The van der Waals surface area contributed by atoms with E-state index in [1.165, 1.54) is 0 Å². The van der Waals surface area contributed by atoms with Crippen molar-refractivity contribution in [1.82, 2.24) is 15.6 Å². The number of aromatic nitrogens is 1. The monoisotopic (exact) mass is 227 g/mol. The summed E-state index contributed by atoms with van der Waals surface area (Å²) in [4.78, 5) is 25.8. The first-order valence-corrected chi connectivity index (χ1v) is 4.26. The second-order valence-corrected chi connectivity index (χ2v) is 3.07. The summed E-state index contributed by atoms with van der Waals surface area (Å²) in [6, 6.07) is 2.76. The van der Waals surface area contributed by atoms with E-state index in [1.54, 1.807) is 12.4 Å². The zero-order valence-corrected chi connectivity index (χ0v) is 8.58. The fourth-order valence-electron chi connectivity index (χ4n) is 1.36. The Bertz CT molecular complexity index is 369. The Morgan fingerprint density at radius 2 is 1.93 bits per heavy atom. The average Bonchev–Trinajstić information content (AvgIpc) is 2.47. The number of hydrogen-bond donors (Lipinski definition) is 2. The van der Waals surface area contributed by atoms with Crippen LogP contribution in [0.3, 0.4) is 0 Å². The minimum atomic E-state index is -0.454. The van der Waals surface area contributed by atoms with Gasteiger partial charge in [0.1, 0.15) is 6.04 Å². The highest BCUT2D eigenvalue weighted by atomic mass is 35.5. The van der Waals surface area contributed by atoms with Crippen molar-refractivity contribution in [2.75, 3.05) is 0 Å². The molecule has 1 aliphatic heterocycles. The highest BCUT2D eigenvalue weighted by molar-refractivity contribution is 6.04. The molecule has 15 heavy (non-hydrogen) atoms. The number of urea groups is 1. The van der Waals surface area contributed by atoms with Crippen molar-refractivity contribution < 1.29 is 9.59 Å². The summed E-state index contributed by atoms with van der Waals surface area (Å²) in [5.74, 6) is -0.271. The zero-order chi connectivity index (χ0) is 9.97. The smallest absolute Gasteiger partial charge is 0.322 e. The van der Waals surface area contributed by atoms with Gasteiger partial charge in [0.25, 0.3) is 5.91 Å². The third-order valence-corrected chi connectivity index (χ3v) is 2.05. The molecule has 2 rings (SSSR count). The molecule has 1 aromatic heterocycles. The minimum Gasteiger partial charge on any atom is -0.326 e. The second-order valence-electron chi connectivity index (χ2n) is 3.07. The highest BCUT2D eigenvalue weighted by Gasteiger charge is 2.29. The molecule has 2 N–H and O–H groups in total. The Hall–Kier alpha value is -1.62. The maximum atomic E-state index is 11.2. The molecule has 1 fully saturated rings. The van der Waals surface area contributed by atoms with E-state index < -0.39 is 12.1 Å². The van der Waals surface area contributed by atoms with Gasteiger partial charge in [-0.25, -0.2) is 4.79 Å². The van der Waals surface area contributed by atoms with Gasteiger partial charge in [-0.2, -0.15) is 0 Å². The molecule has 3 amide bonds. The van der Waals surface area contributed by atoms with Gasteiger partial charge in [-0.05, 0) is 17.7 Å². The minimum absolute atomic E-state index is 0. The molecule has 6 heteroatoms. The fraction of sp³-hybridized carbons (Fsp3) is 0.222. The molecule has 0 aromatic carbocycles. The number of nitrogens with zero attached hydrogens (tertiary/aromatic N) is 1. The van der Waals surface area contributed by atoms with Gasteiger partial charge in [-0.1, -0.05) is 0 Å². The summed E-state index contributed by atoms with van der Waals surface area (Å²) < 4.78 is 0. The fourth-order valence-corrected chi connectivity index (χ4v) is 1.36. The zero-order valence-electron chi connectivity index (χ0n) is 7.77. The molecule has 0 aliphatic carbocycles. The number of imide groups is 1. The van der Waals surface area contributed by atoms with Gasteiger partial charge in [0.05, 0.1) is 0 Å². The van der Waals surface area contributed by atoms with E-state index in [9.17, 15) is 9.59 Å². The van der Waals surface area contributed by atoms with Crippen molar-refractivity contribution in [2.24, 2.45) is 0 Å². The van der Waals surface area contributed by atoms with Gasteiger partial charge in [-0.15, -0.1) is 12.4 Å². The van der Waals surface area contributed by atoms with Crippen LogP contribution in [0.1, 0.15) is 5.56 Å². The summed E-state index contributed by atoms with van der Waals surface area (Å²) in [5.41, 5.74) is 0.974. The Morgan fingerprint density at radius 3 is 2.47 bits per heavy atom. The topological polar surface area (TPSA) is 71.1 Å². The SMILES string of the molecule is Cl.O=C1NC(=O)C(Cc2ccncc2)N1. The van der Waals surface area contributed by atoms with Crippen LogP contribution in [-0.2, 0) is 11.2 Å². The van der Waals surface area contributed by atoms with E-state index in [0.717, 1.165) is 5.56 Å². The summed E-state index contributed by atoms with van der Waals surface area (Å²) in [6.45, 7) is 0. The van der Waals surface area contributed by atoms with Crippen LogP contribution in [-0.4, -0.2) is 23.0 Å². The van der Waals surface area contributed by atoms with E-state index in [2.05, 4.69) is 15.6 Å². The third kappa shape index (κ3) is 2.66. The highest BCUT2D eigenvalue weighted by Crippen LogP contribution is 2.04. The summed E-state index contributed by atoms with van der Waals surface area (Å²) >= 11 is 0. The lowest BCUT2D eigenvalue weighted by Gasteiger charge is -2.05. The van der Waals surface area contributed by atoms with Crippen molar-refractivity contribution in [1.29, 1.82) is 0 Å². The van der Waals surface area contributed by atoms with E-state index in [-0.39, 0.29) is 18.3 Å². The Kier molecular flexibility index (Phi) is 3.62. The summed E-state index contributed by atoms with van der Waals surface area (Å²) in [5, 5.41) is 4.71. The van der Waals surface area contributed by atoms with Crippen molar-refractivity contribution >= 4 is 24.3 Å². The van der Waals surface area contributed by atoms with Crippen LogP contribution >= 0.6 is 12.4 Å². The number of nitrogens with one attached hydrogen (secondary N) is 2. The first kappa shape index (κ1) is 11.5. The Labute approximate surface area is 92.7 Å². The molecule has 1 saturated heterocycles. The van der Waals surface area contributed by atoms with Gasteiger partial charge in [0.15, 0.2) is 0 Å². The number of carbonyl (C=O) groups excluding carboxylic acids is 2. The summed E-state index contributed by atoms with van der Waals surface area (Å²) in [7, 11) is 0. The molecule has 0 saturated carbocycles. The lowest BCUT2D eigenvalue weighted by atomic mass is 10.1. The van der Waals surface area contributed by atoms with Gasteiger partial charge in [0, 0.05) is 18.8 Å². The van der Waals surface area contributed by atoms with E-state index in [4.69, 9.17) is 0 Å². The van der Waals surface area contributed by atoms with Gasteiger partial charge >= 0.3 is 6.03 Å². The molecular weight excluding hydrogens is 218 g/mol. The Morgan fingerprint density at radius 1 is 1.27 bits per heavy atom. The van der Waals surface area contributed by atoms with E-state index >= 15 is 0 Å². The predicted octanol–water partition coefficient (Wildman–Crippen LogP) is 0.254. The molecule has 1 atom stereocenters. The van der Waals surface area contributed by atoms with Crippen molar-refractivity contribution in [2.45, 2.75) is 12.5 Å². The van der Waals surface area contributed by atoms with Crippen LogP contribution in [0.2, 0.25) is 0 Å². The first-order chi connectivity index (χ1) is 6.75. The van der Waals surface area contributed by atoms with Crippen LogP contribution in [0.4, 0.5) is 4.79 Å². The lowest BCUT2D eigenvalue weighted by molar-refractivity contribution is -0.120. The molecule has 1 aromatic rings. The van der Waals surface area contributed by atoms with Gasteiger partial charge in [-0.3, -0.25) is 15.1 Å². The largest absolute Gasteiger partial charge is 0.326 e. The van der Waals surface area contributed by atoms with Gasteiger partial charge in [0.2, 0.25) is 0 Å². The molecular formula is C9H10ClN3O2. The molecule has 2 heterocycles. The average molecular weight is 228 g/mol. The van der Waals surface area contributed by atoms with Crippen molar-refractivity contribution in [3.8, 4) is 0 Å². The van der Waals surface area contributed by atoms with Crippen molar-refractivity contribution in [3.63, 3.8) is 0 Å². The van der Waals surface area contributed by atoms with Crippen LogP contribution in [0.25, 0.3) is 0 Å². The number of halogens is 1. The first-order valence-electron chi connectivity index (χ1n) is 4.26. The molecule has 0 bridgehead atoms. The standard InChI is InChI=1S/C9H9N3O2.ClH/c13-8-7(11-9(14)12-8)5-6-1-3-10-4-2-6;/h1-4,7H,5H2,(H2,11,12,13,14);1H. The van der Waals surface area contributed by atoms with Crippen LogP contribution < -0.4 is 10.6 Å². The normalized spacial score (nSPS) is 19.1. The molecule has 0 radical (unpaired) electrons. The number of rotatable bonds is 2. The number of hydrogen-bond acceptors (Lipinski definition) is 3. The predicted molar refractivity (Wildman–Crippen MR) is 55.7 cm³/mol.